The van der Waals surface area contributed by atoms with Crippen LogP contribution in [0.4, 0.5) is 0 Å². The molecule has 1 unspecified atom stereocenters. The molecule has 0 bridgehead atoms. The van der Waals surface area contributed by atoms with Gasteiger partial charge in [0.1, 0.15) is 5.76 Å². The van der Waals surface area contributed by atoms with Gasteiger partial charge in [0, 0.05) is 0 Å². The van der Waals surface area contributed by atoms with Gasteiger partial charge in [-0.1, -0.05) is 13.3 Å². The maximum atomic E-state index is 12.3. The Morgan fingerprint density at radius 2 is 1.96 bits per heavy atom. The summed E-state index contributed by atoms with van der Waals surface area (Å²) in [6, 6.07) is 8.02. The van der Waals surface area contributed by atoms with Crippen molar-refractivity contribution in [1.82, 2.24) is 5.32 Å². The first-order valence-electron chi connectivity index (χ1n) is 9.44. The van der Waals surface area contributed by atoms with E-state index >= 15 is 0 Å². The van der Waals surface area contributed by atoms with Crippen LogP contribution in [0, 0.1) is 0 Å². The third kappa shape index (κ3) is 6.33. The fraction of sp³-hybridized carbons (Fsp3) is 0.429. The zero-order chi connectivity index (χ0) is 20.4. The fourth-order valence-corrected chi connectivity index (χ4v) is 2.46. The number of amides is 1. The molecule has 1 amide bonds. The molecule has 7 heteroatoms. The molecule has 0 spiro atoms. The van der Waals surface area contributed by atoms with Crippen LogP contribution < -0.4 is 14.8 Å². The number of rotatable bonds is 11. The Labute approximate surface area is 165 Å². The van der Waals surface area contributed by atoms with Gasteiger partial charge in [0.05, 0.1) is 31.1 Å². The Hall–Kier alpha value is -2.96. The Balaban J connectivity index is 1.91. The van der Waals surface area contributed by atoms with Gasteiger partial charge < -0.3 is 23.9 Å². The second kappa shape index (κ2) is 11.0. The summed E-state index contributed by atoms with van der Waals surface area (Å²) in [5.74, 6) is 0.657. The molecule has 1 aromatic carbocycles. The Kier molecular flexibility index (Phi) is 8.39. The highest BCUT2D eigenvalue weighted by molar-refractivity contribution is 5.92. The molecule has 2 aromatic rings. The minimum atomic E-state index is -0.609. The predicted molar refractivity (Wildman–Crippen MR) is 104 cm³/mol. The van der Waals surface area contributed by atoms with Gasteiger partial charge in [-0.3, -0.25) is 4.79 Å². The Bertz CT molecular complexity index is 756. The van der Waals surface area contributed by atoms with E-state index in [1.54, 1.807) is 37.3 Å². The second-order valence-corrected chi connectivity index (χ2v) is 6.18. The van der Waals surface area contributed by atoms with Gasteiger partial charge in [0.2, 0.25) is 0 Å². The van der Waals surface area contributed by atoms with Crippen LogP contribution in [0.3, 0.4) is 0 Å². The first-order valence-corrected chi connectivity index (χ1v) is 9.44. The van der Waals surface area contributed by atoms with Crippen molar-refractivity contribution < 1.29 is 28.2 Å². The summed E-state index contributed by atoms with van der Waals surface area (Å²) in [6.07, 6.45) is 3.49. The number of furan rings is 1. The van der Waals surface area contributed by atoms with Crippen LogP contribution in [0.1, 0.15) is 55.8 Å². The summed E-state index contributed by atoms with van der Waals surface area (Å²) >= 11 is 0. The molecule has 1 heterocycles. The molecular formula is C21H27NO6. The highest BCUT2D eigenvalue weighted by Crippen LogP contribution is 2.29. The average molecular weight is 389 g/mol. The SMILES string of the molecule is CCCCOc1ccc(C(=O)OCC(=O)NC(C)c2ccco2)cc1OCC. The van der Waals surface area contributed by atoms with E-state index < -0.39 is 11.9 Å². The topological polar surface area (TPSA) is 87.0 Å². The van der Waals surface area contributed by atoms with Crippen molar-refractivity contribution in [3.05, 3.63) is 47.9 Å². The number of carbonyl (C=O) groups is 2. The smallest absolute Gasteiger partial charge is 0.338 e. The molecule has 1 N–H and O–H groups in total. The average Bonchev–Trinajstić information content (AvgIpc) is 3.22. The van der Waals surface area contributed by atoms with Crippen LogP contribution in [0.5, 0.6) is 11.5 Å². The Morgan fingerprint density at radius 3 is 2.64 bits per heavy atom. The lowest BCUT2D eigenvalue weighted by Crippen LogP contribution is -2.31. The van der Waals surface area contributed by atoms with E-state index in [2.05, 4.69) is 12.2 Å². The number of hydrogen-bond donors (Lipinski definition) is 1. The van der Waals surface area contributed by atoms with Crippen molar-refractivity contribution in [2.75, 3.05) is 19.8 Å². The van der Waals surface area contributed by atoms with E-state index in [-0.39, 0.29) is 18.2 Å². The molecule has 7 nitrogen and oxygen atoms in total. The number of unbranched alkanes of at least 4 members (excludes halogenated alkanes) is 1. The van der Waals surface area contributed by atoms with Crippen LogP contribution in [-0.4, -0.2) is 31.7 Å². The van der Waals surface area contributed by atoms with E-state index in [9.17, 15) is 9.59 Å². The van der Waals surface area contributed by atoms with Crippen molar-refractivity contribution in [1.29, 1.82) is 0 Å². The quantitative estimate of drug-likeness (QED) is 0.463. The van der Waals surface area contributed by atoms with E-state index in [4.69, 9.17) is 18.6 Å². The van der Waals surface area contributed by atoms with Crippen molar-refractivity contribution in [2.45, 2.75) is 39.7 Å². The molecule has 1 atom stereocenters. The third-order valence-corrected chi connectivity index (χ3v) is 3.92. The minimum absolute atomic E-state index is 0.290. The molecule has 28 heavy (non-hydrogen) atoms. The normalized spacial score (nSPS) is 11.5. The minimum Gasteiger partial charge on any atom is -0.490 e. The van der Waals surface area contributed by atoms with Crippen molar-refractivity contribution in [2.24, 2.45) is 0 Å². The van der Waals surface area contributed by atoms with Crippen LogP contribution in [-0.2, 0) is 9.53 Å². The molecule has 152 valence electrons. The third-order valence-electron chi connectivity index (χ3n) is 3.92. The highest BCUT2D eigenvalue weighted by Gasteiger charge is 2.16. The monoisotopic (exact) mass is 389 g/mol. The molecule has 0 radical (unpaired) electrons. The predicted octanol–water partition coefficient (Wildman–Crippen LogP) is 3.89. The second-order valence-electron chi connectivity index (χ2n) is 6.18. The number of esters is 1. The van der Waals surface area contributed by atoms with Crippen molar-refractivity contribution >= 4 is 11.9 Å². The van der Waals surface area contributed by atoms with E-state index in [0.29, 0.717) is 30.5 Å². The van der Waals surface area contributed by atoms with Gasteiger partial charge in [-0.25, -0.2) is 4.79 Å². The van der Waals surface area contributed by atoms with Crippen LogP contribution in [0.2, 0.25) is 0 Å². The largest absolute Gasteiger partial charge is 0.490 e. The van der Waals surface area contributed by atoms with Gasteiger partial charge >= 0.3 is 5.97 Å². The Morgan fingerprint density at radius 1 is 1.14 bits per heavy atom. The van der Waals surface area contributed by atoms with Crippen LogP contribution >= 0.6 is 0 Å². The maximum Gasteiger partial charge on any atom is 0.338 e. The number of nitrogens with one attached hydrogen (secondary N) is 1. The number of carbonyl (C=O) groups excluding carboxylic acids is 2. The molecule has 0 aliphatic heterocycles. The van der Waals surface area contributed by atoms with Crippen LogP contribution in [0.25, 0.3) is 0 Å². The standard InChI is InChI=1S/C21H27NO6/c1-4-6-11-27-18-10-9-16(13-19(18)25-5-2)21(24)28-14-20(23)22-15(3)17-8-7-12-26-17/h7-10,12-13,15H,4-6,11,14H2,1-3H3,(H,22,23). The molecule has 0 saturated carbocycles. The number of benzene rings is 1. The van der Waals surface area contributed by atoms with Gasteiger partial charge in [-0.2, -0.15) is 0 Å². The summed E-state index contributed by atoms with van der Waals surface area (Å²) in [4.78, 5) is 24.3. The molecule has 0 aliphatic carbocycles. The highest BCUT2D eigenvalue weighted by atomic mass is 16.5. The van der Waals surface area contributed by atoms with E-state index in [0.717, 1.165) is 12.8 Å². The lowest BCUT2D eigenvalue weighted by Gasteiger charge is -2.14. The van der Waals surface area contributed by atoms with Crippen LogP contribution in [0.15, 0.2) is 41.0 Å². The van der Waals surface area contributed by atoms with Gasteiger partial charge in [0.15, 0.2) is 18.1 Å². The molecule has 0 aliphatic rings. The molecule has 1 aromatic heterocycles. The van der Waals surface area contributed by atoms with Gasteiger partial charge in [-0.15, -0.1) is 0 Å². The number of hydrogen-bond acceptors (Lipinski definition) is 6. The molecular weight excluding hydrogens is 362 g/mol. The first-order chi connectivity index (χ1) is 13.5. The fourth-order valence-electron chi connectivity index (χ4n) is 2.46. The maximum absolute atomic E-state index is 12.3. The molecule has 0 saturated heterocycles. The number of ether oxygens (including phenoxy) is 3. The van der Waals surface area contributed by atoms with Crippen molar-refractivity contribution in [3.63, 3.8) is 0 Å². The zero-order valence-corrected chi connectivity index (χ0v) is 16.5. The lowest BCUT2D eigenvalue weighted by atomic mass is 10.2. The van der Waals surface area contributed by atoms with Crippen molar-refractivity contribution in [3.8, 4) is 11.5 Å². The summed E-state index contributed by atoms with van der Waals surface area (Å²) in [6.45, 7) is 6.35. The summed E-state index contributed by atoms with van der Waals surface area (Å²) in [5.41, 5.74) is 0.290. The molecule has 0 fully saturated rings. The van der Waals surface area contributed by atoms with E-state index in [1.807, 2.05) is 6.92 Å². The van der Waals surface area contributed by atoms with E-state index in [1.165, 1.54) is 6.26 Å². The summed E-state index contributed by atoms with van der Waals surface area (Å²) in [5, 5.41) is 2.70. The lowest BCUT2D eigenvalue weighted by molar-refractivity contribution is -0.125. The van der Waals surface area contributed by atoms with Gasteiger partial charge in [0.25, 0.3) is 5.91 Å². The summed E-state index contributed by atoms with van der Waals surface area (Å²) in [7, 11) is 0. The summed E-state index contributed by atoms with van der Waals surface area (Å²) < 4.78 is 21.6. The molecule has 2 rings (SSSR count). The van der Waals surface area contributed by atoms with Gasteiger partial charge in [-0.05, 0) is 50.6 Å². The zero-order valence-electron chi connectivity index (χ0n) is 16.5. The first kappa shape index (κ1) is 21.3.